The van der Waals surface area contributed by atoms with Crippen molar-refractivity contribution in [2.75, 3.05) is 13.1 Å². The van der Waals surface area contributed by atoms with Crippen LogP contribution in [0.1, 0.15) is 48.0 Å². The van der Waals surface area contributed by atoms with Crippen molar-refractivity contribution in [3.05, 3.63) is 34.8 Å². The zero-order valence-corrected chi connectivity index (χ0v) is 19.2. The van der Waals surface area contributed by atoms with Crippen molar-refractivity contribution < 1.29 is 4.79 Å². The van der Waals surface area contributed by atoms with Gasteiger partial charge in [-0.2, -0.15) is 5.10 Å². The van der Waals surface area contributed by atoms with E-state index in [0.29, 0.717) is 5.56 Å². The molecule has 29 heavy (non-hydrogen) atoms. The molecular formula is C20H27Cl2N5OS. The van der Waals surface area contributed by atoms with Gasteiger partial charge in [-0.15, -0.1) is 36.2 Å². The number of amides is 1. The lowest BCUT2D eigenvalue weighted by molar-refractivity contribution is 0.0932. The number of fused-ring (bicyclic) bond motifs is 1. The van der Waals surface area contributed by atoms with Gasteiger partial charge in [-0.25, -0.2) is 9.67 Å². The Morgan fingerprint density at radius 1 is 1.34 bits per heavy atom. The van der Waals surface area contributed by atoms with E-state index in [4.69, 9.17) is 4.98 Å². The summed E-state index contributed by atoms with van der Waals surface area (Å²) in [5.41, 5.74) is 2.24. The summed E-state index contributed by atoms with van der Waals surface area (Å²) in [6.45, 7) is 8.07. The lowest BCUT2D eigenvalue weighted by atomic mass is 10.1. The Balaban J connectivity index is 0.00000150. The molecule has 1 fully saturated rings. The van der Waals surface area contributed by atoms with Gasteiger partial charge in [0.1, 0.15) is 0 Å². The number of aromatic nitrogens is 3. The van der Waals surface area contributed by atoms with Gasteiger partial charge in [0.05, 0.1) is 27.7 Å². The van der Waals surface area contributed by atoms with Crippen LogP contribution in [-0.2, 0) is 0 Å². The normalized spacial score (nSPS) is 16.3. The van der Waals surface area contributed by atoms with E-state index in [1.165, 1.54) is 4.88 Å². The van der Waals surface area contributed by atoms with Crippen molar-refractivity contribution in [3.63, 3.8) is 0 Å². The number of nitrogens with zero attached hydrogens (tertiary/aromatic N) is 3. The van der Waals surface area contributed by atoms with Crippen LogP contribution < -0.4 is 10.6 Å². The van der Waals surface area contributed by atoms with Crippen molar-refractivity contribution in [1.29, 1.82) is 0 Å². The molecule has 3 aromatic heterocycles. The Labute approximate surface area is 187 Å². The molecule has 2 N–H and O–H groups in total. The summed E-state index contributed by atoms with van der Waals surface area (Å²) >= 11 is 1.69. The molecule has 3 aromatic rings. The fourth-order valence-electron chi connectivity index (χ4n) is 3.52. The number of aryl methyl sites for hydroxylation is 1. The van der Waals surface area contributed by atoms with Gasteiger partial charge in [0.2, 0.25) is 0 Å². The second kappa shape index (κ2) is 9.89. The number of carbonyl (C=O) groups is 1. The SMILES string of the molecule is Cc1ccc(-c2cc(C(=O)NC3CCCNC3)c3cnn(C(C)C)c3n2)s1.Cl.Cl. The molecule has 1 aliphatic heterocycles. The van der Waals surface area contributed by atoms with Crippen LogP contribution in [0.25, 0.3) is 21.6 Å². The predicted molar refractivity (Wildman–Crippen MR) is 124 cm³/mol. The molecule has 0 aliphatic carbocycles. The molecule has 9 heteroatoms. The highest BCUT2D eigenvalue weighted by molar-refractivity contribution is 7.15. The van der Waals surface area contributed by atoms with Crippen LogP contribution in [0.4, 0.5) is 0 Å². The van der Waals surface area contributed by atoms with Crippen LogP contribution in [-0.4, -0.2) is 39.8 Å². The number of rotatable bonds is 4. The largest absolute Gasteiger partial charge is 0.348 e. The molecule has 1 saturated heterocycles. The molecule has 1 unspecified atom stereocenters. The summed E-state index contributed by atoms with van der Waals surface area (Å²) < 4.78 is 1.89. The van der Waals surface area contributed by atoms with Crippen molar-refractivity contribution >= 4 is 53.1 Å². The third-order valence-corrected chi connectivity index (χ3v) is 5.95. The zero-order chi connectivity index (χ0) is 19.0. The summed E-state index contributed by atoms with van der Waals surface area (Å²) in [6, 6.07) is 6.40. The van der Waals surface area contributed by atoms with Crippen LogP contribution in [0.15, 0.2) is 24.4 Å². The van der Waals surface area contributed by atoms with Crippen molar-refractivity contribution in [3.8, 4) is 10.6 Å². The van der Waals surface area contributed by atoms with E-state index in [-0.39, 0.29) is 42.8 Å². The second-order valence-electron chi connectivity index (χ2n) is 7.40. The molecule has 1 atom stereocenters. The lowest BCUT2D eigenvalue weighted by Crippen LogP contribution is -2.45. The Kier molecular flexibility index (Phi) is 8.05. The highest BCUT2D eigenvalue weighted by Crippen LogP contribution is 2.30. The smallest absolute Gasteiger partial charge is 0.252 e. The fraction of sp³-hybridized carbons (Fsp3) is 0.450. The van der Waals surface area contributed by atoms with Gasteiger partial charge in [0, 0.05) is 23.5 Å². The van der Waals surface area contributed by atoms with Gasteiger partial charge in [0.25, 0.3) is 5.91 Å². The number of nitrogens with one attached hydrogen (secondary N) is 2. The average Bonchev–Trinajstić information content (AvgIpc) is 3.27. The summed E-state index contributed by atoms with van der Waals surface area (Å²) in [5, 5.41) is 11.8. The number of hydrogen-bond donors (Lipinski definition) is 2. The van der Waals surface area contributed by atoms with Crippen LogP contribution in [0, 0.1) is 6.92 Å². The molecule has 4 heterocycles. The van der Waals surface area contributed by atoms with Crippen LogP contribution in [0.2, 0.25) is 0 Å². The maximum atomic E-state index is 13.1. The number of hydrogen-bond acceptors (Lipinski definition) is 5. The third kappa shape index (κ3) is 4.91. The number of thiophene rings is 1. The third-order valence-electron chi connectivity index (χ3n) is 4.93. The van der Waals surface area contributed by atoms with Gasteiger partial charge in [0.15, 0.2) is 5.65 Å². The van der Waals surface area contributed by atoms with E-state index in [9.17, 15) is 4.79 Å². The highest BCUT2D eigenvalue weighted by Gasteiger charge is 2.22. The van der Waals surface area contributed by atoms with E-state index in [1.807, 2.05) is 10.7 Å². The quantitative estimate of drug-likeness (QED) is 0.612. The van der Waals surface area contributed by atoms with Crippen LogP contribution >= 0.6 is 36.2 Å². The van der Waals surface area contributed by atoms with E-state index in [0.717, 1.165) is 47.5 Å². The number of carbonyl (C=O) groups excluding carboxylic acids is 1. The first kappa shape index (κ1) is 23.6. The molecule has 0 bridgehead atoms. The van der Waals surface area contributed by atoms with Crippen LogP contribution in [0.3, 0.4) is 0 Å². The Hall–Kier alpha value is -1.67. The number of piperidine rings is 1. The van der Waals surface area contributed by atoms with Crippen molar-refractivity contribution in [1.82, 2.24) is 25.4 Å². The molecule has 6 nitrogen and oxygen atoms in total. The van der Waals surface area contributed by atoms with Gasteiger partial charge in [-0.1, -0.05) is 0 Å². The second-order valence-corrected chi connectivity index (χ2v) is 8.69. The average molecular weight is 456 g/mol. The zero-order valence-electron chi connectivity index (χ0n) is 16.8. The van der Waals surface area contributed by atoms with Crippen LogP contribution in [0.5, 0.6) is 0 Å². The van der Waals surface area contributed by atoms with Gasteiger partial charge < -0.3 is 10.6 Å². The number of pyridine rings is 1. The van der Waals surface area contributed by atoms with Crippen molar-refractivity contribution in [2.45, 2.75) is 45.7 Å². The predicted octanol–water partition coefficient (Wildman–Crippen LogP) is 4.37. The molecule has 1 aliphatic rings. The lowest BCUT2D eigenvalue weighted by Gasteiger charge is -2.24. The first-order chi connectivity index (χ1) is 13.0. The molecule has 158 valence electrons. The Morgan fingerprint density at radius 3 is 2.76 bits per heavy atom. The van der Waals surface area contributed by atoms with Crippen molar-refractivity contribution in [2.24, 2.45) is 0 Å². The fourth-order valence-corrected chi connectivity index (χ4v) is 4.35. The molecule has 0 spiro atoms. The molecule has 0 saturated carbocycles. The molecule has 1 amide bonds. The van der Waals surface area contributed by atoms with E-state index in [2.05, 4.69) is 48.6 Å². The Morgan fingerprint density at radius 2 is 2.14 bits per heavy atom. The minimum absolute atomic E-state index is 0. The highest BCUT2D eigenvalue weighted by atomic mass is 35.5. The van der Waals surface area contributed by atoms with Gasteiger partial charge >= 0.3 is 0 Å². The van der Waals surface area contributed by atoms with Gasteiger partial charge in [-0.3, -0.25) is 4.79 Å². The molecule has 0 aromatic carbocycles. The Bertz CT molecular complexity index is 979. The maximum Gasteiger partial charge on any atom is 0.252 e. The summed E-state index contributed by atoms with van der Waals surface area (Å²) in [5.74, 6) is -0.0473. The first-order valence-electron chi connectivity index (χ1n) is 9.49. The maximum absolute atomic E-state index is 13.1. The van der Waals surface area contributed by atoms with E-state index >= 15 is 0 Å². The summed E-state index contributed by atoms with van der Waals surface area (Å²) in [7, 11) is 0. The van der Waals surface area contributed by atoms with Gasteiger partial charge in [-0.05, 0) is 58.4 Å². The summed E-state index contributed by atoms with van der Waals surface area (Å²) in [4.78, 5) is 20.2. The number of halogens is 2. The monoisotopic (exact) mass is 455 g/mol. The standard InChI is InChI=1S/C20H25N5OS.2ClH/c1-12(2)25-19-16(11-22-25)15(20(26)23-14-5-4-8-21-10-14)9-17(24-19)18-7-6-13(3)27-18;;/h6-7,9,11-12,14,21H,4-5,8,10H2,1-3H3,(H,23,26);2*1H. The molecular weight excluding hydrogens is 429 g/mol. The minimum atomic E-state index is -0.0473. The minimum Gasteiger partial charge on any atom is -0.348 e. The van der Waals surface area contributed by atoms with E-state index in [1.54, 1.807) is 17.5 Å². The molecule has 4 rings (SSSR count). The summed E-state index contributed by atoms with van der Waals surface area (Å²) in [6.07, 6.45) is 3.86. The first-order valence-corrected chi connectivity index (χ1v) is 10.3. The molecule has 0 radical (unpaired) electrons. The van der Waals surface area contributed by atoms with E-state index < -0.39 is 0 Å². The topological polar surface area (TPSA) is 71.8 Å².